The molecule has 48 heavy (non-hydrogen) atoms. The molecule has 11 nitrogen and oxygen atoms in total. The predicted molar refractivity (Wildman–Crippen MR) is 186 cm³/mol. The van der Waals surface area contributed by atoms with Gasteiger partial charge in [0.2, 0.25) is 0 Å². The first-order valence-electron chi connectivity index (χ1n) is 15.2. The number of hydrogen-bond acceptors (Lipinski definition) is 8. The smallest absolute Gasteiger partial charge is 0.320 e. The van der Waals surface area contributed by atoms with Crippen molar-refractivity contribution >= 4 is 40.9 Å². The molecule has 13 heteroatoms. The van der Waals surface area contributed by atoms with E-state index >= 15 is 0 Å². The Balaban J connectivity index is 1.19. The summed E-state index contributed by atoms with van der Waals surface area (Å²) in [7, 11) is 0. The number of hydrogen-bond donors (Lipinski definition) is 4. The second-order valence-corrected chi connectivity index (χ2v) is 13.5. The number of nitrogens with zero attached hydrogens (tertiary/aromatic N) is 5. The number of urea groups is 1. The zero-order chi connectivity index (χ0) is 33.8. The second-order valence-electron chi connectivity index (χ2n) is 11.9. The number of pyridine rings is 1. The van der Waals surface area contributed by atoms with Gasteiger partial charge in [0.25, 0.3) is 0 Å². The number of phenols is 1. The van der Waals surface area contributed by atoms with E-state index in [-0.39, 0.29) is 37.0 Å². The zero-order valence-corrected chi connectivity index (χ0v) is 28.1. The van der Waals surface area contributed by atoms with Crippen LogP contribution in [0.4, 0.5) is 10.6 Å². The van der Waals surface area contributed by atoms with Crippen LogP contribution in [0.1, 0.15) is 32.0 Å². The van der Waals surface area contributed by atoms with Crippen molar-refractivity contribution in [1.29, 1.82) is 0 Å². The number of aromatic hydroxyl groups is 1. The largest absolute Gasteiger partial charge is 0.508 e. The number of carbonyl (C=O) groups excluding carboxylic acids is 1. The van der Waals surface area contributed by atoms with Crippen LogP contribution in [0.15, 0.2) is 101 Å². The minimum atomic E-state index is -0.386. The van der Waals surface area contributed by atoms with Crippen molar-refractivity contribution in [1.82, 2.24) is 29.7 Å². The lowest BCUT2D eigenvalue weighted by molar-refractivity contribution is 0.201. The molecule has 0 aliphatic carbocycles. The van der Waals surface area contributed by atoms with Gasteiger partial charge in [-0.05, 0) is 54.1 Å². The number of carbonyl (C=O) groups is 1. The highest BCUT2D eigenvalue weighted by atomic mass is 35.5. The third kappa shape index (κ3) is 7.41. The maximum atomic E-state index is 13.3. The third-order valence-electron chi connectivity index (χ3n) is 7.35. The highest BCUT2D eigenvalue weighted by Gasteiger charge is 2.22. The summed E-state index contributed by atoms with van der Waals surface area (Å²) in [6.45, 7) is 6.53. The van der Waals surface area contributed by atoms with Gasteiger partial charge in [0, 0.05) is 45.6 Å². The lowest BCUT2D eigenvalue weighted by Crippen LogP contribution is -2.29. The molecule has 0 saturated carbocycles. The first-order valence-corrected chi connectivity index (χ1v) is 16.4. The normalized spacial score (nSPS) is 11.5. The fourth-order valence-corrected chi connectivity index (χ4v) is 6.08. The standard InChI is InChI=1S/C35H34ClN7O4S/c1-35(2,3)30-19-32(43(41-30)23-8-6-9-25(17-23)47-16-15-44)38-34(46)37-20-22-7-4-5-10-29(22)48-26-12-14-31-39-40-33(42(31)21-26)27-18-24(45)11-13-28(27)36/h4-14,17-19,21,44-45H,15-16,20H2,1-3H3,(H2,37,38,46). The number of halogens is 1. The highest BCUT2D eigenvalue weighted by Crippen LogP contribution is 2.34. The number of ether oxygens (including phenoxy) is 1. The average Bonchev–Trinajstić information content (AvgIpc) is 3.69. The first-order chi connectivity index (χ1) is 23.1. The van der Waals surface area contributed by atoms with Gasteiger partial charge < -0.3 is 20.3 Å². The van der Waals surface area contributed by atoms with Crippen molar-refractivity contribution in [3.63, 3.8) is 0 Å². The molecule has 3 heterocycles. The van der Waals surface area contributed by atoms with Crippen molar-refractivity contribution < 1.29 is 19.7 Å². The summed E-state index contributed by atoms with van der Waals surface area (Å²) in [6, 6.07) is 25.2. The summed E-state index contributed by atoms with van der Waals surface area (Å²) in [5, 5.41) is 38.9. The summed E-state index contributed by atoms with van der Waals surface area (Å²) < 4.78 is 9.10. The van der Waals surface area contributed by atoms with Crippen LogP contribution in [0.2, 0.25) is 5.02 Å². The maximum absolute atomic E-state index is 13.3. The topological polar surface area (TPSA) is 139 Å². The van der Waals surface area contributed by atoms with Crippen LogP contribution in [0.5, 0.6) is 11.5 Å². The van der Waals surface area contributed by atoms with Gasteiger partial charge in [-0.1, -0.05) is 68.4 Å². The van der Waals surface area contributed by atoms with Crippen molar-refractivity contribution in [2.24, 2.45) is 0 Å². The minimum absolute atomic E-state index is 0.0827. The molecule has 2 amide bonds. The number of aliphatic hydroxyl groups is 1. The van der Waals surface area contributed by atoms with E-state index in [9.17, 15) is 9.90 Å². The molecule has 3 aromatic heterocycles. The Morgan fingerprint density at radius 2 is 1.83 bits per heavy atom. The molecule has 0 radical (unpaired) electrons. The Morgan fingerprint density at radius 3 is 2.65 bits per heavy atom. The molecule has 4 N–H and O–H groups in total. The summed E-state index contributed by atoms with van der Waals surface area (Å²) in [4.78, 5) is 15.2. The van der Waals surface area contributed by atoms with Gasteiger partial charge >= 0.3 is 6.03 Å². The number of aromatic nitrogens is 5. The zero-order valence-electron chi connectivity index (χ0n) is 26.5. The summed E-state index contributed by atoms with van der Waals surface area (Å²) >= 11 is 7.96. The molecule has 0 aliphatic rings. The number of phenolic OH excluding ortho intramolecular Hbond substituents is 1. The monoisotopic (exact) mass is 683 g/mol. The number of nitrogens with one attached hydrogen (secondary N) is 2. The van der Waals surface area contributed by atoms with Gasteiger partial charge in [-0.15, -0.1) is 10.2 Å². The Hall–Kier alpha value is -5.04. The SMILES string of the molecule is CC(C)(C)c1cc(NC(=O)NCc2ccccc2Sc2ccc3nnc(-c4cc(O)ccc4Cl)n3c2)n(-c2cccc(OCCO)c2)n1. The minimum Gasteiger partial charge on any atom is -0.508 e. The van der Waals surface area contributed by atoms with E-state index in [1.165, 1.54) is 17.8 Å². The van der Waals surface area contributed by atoms with Crippen LogP contribution in [0, 0.1) is 0 Å². The van der Waals surface area contributed by atoms with Gasteiger partial charge in [0.1, 0.15) is 23.9 Å². The molecule has 0 atom stereocenters. The molecule has 0 bridgehead atoms. The van der Waals surface area contributed by atoms with Crippen LogP contribution in [0.3, 0.4) is 0 Å². The summed E-state index contributed by atoms with van der Waals surface area (Å²) in [6.07, 6.45) is 1.92. The Kier molecular flexibility index (Phi) is 9.58. The number of aliphatic hydroxyl groups excluding tert-OH is 1. The van der Waals surface area contributed by atoms with Crippen LogP contribution < -0.4 is 15.4 Å². The van der Waals surface area contributed by atoms with Gasteiger partial charge in [-0.25, -0.2) is 9.48 Å². The highest BCUT2D eigenvalue weighted by molar-refractivity contribution is 7.99. The molecular formula is C35H34ClN7O4S. The Bertz CT molecular complexity index is 2090. The van der Waals surface area contributed by atoms with E-state index < -0.39 is 0 Å². The fourth-order valence-electron chi connectivity index (χ4n) is 4.91. The van der Waals surface area contributed by atoms with Crippen molar-refractivity contribution in [3.8, 4) is 28.6 Å². The molecule has 3 aromatic carbocycles. The van der Waals surface area contributed by atoms with E-state index in [4.69, 9.17) is 26.5 Å². The van der Waals surface area contributed by atoms with Gasteiger partial charge in [0.15, 0.2) is 11.5 Å². The van der Waals surface area contributed by atoms with Crippen LogP contribution in [0.25, 0.3) is 22.7 Å². The number of benzene rings is 3. The molecule has 0 saturated heterocycles. The summed E-state index contributed by atoms with van der Waals surface area (Å²) in [5.41, 5.74) is 3.39. The number of fused-ring (bicyclic) bond motifs is 1. The van der Waals surface area contributed by atoms with E-state index in [1.54, 1.807) is 22.9 Å². The quantitative estimate of drug-likeness (QED) is 0.120. The molecule has 6 rings (SSSR count). The number of anilines is 1. The van der Waals surface area contributed by atoms with Crippen LogP contribution in [-0.2, 0) is 12.0 Å². The van der Waals surface area contributed by atoms with E-state index in [2.05, 4.69) is 41.6 Å². The summed E-state index contributed by atoms with van der Waals surface area (Å²) in [5.74, 6) is 1.68. The number of rotatable bonds is 10. The maximum Gasteiger partial charge on any atom is 0.320 e. The molecular weight excluding hydrogens is 650 g/mol. The fraction of sp³-hybridized carbons (Fsp3) is 0.200. The molecule has 0 spiro atoms. The third-order valence-corrected chi connectivity index (χ3v) is 8.77. The molecule has 0 fully saturated rings. The van der Waals surface area contributed by atoms with Crippen molar-refractivity contribution in [3.05, 3.63) is 107 Å². The van der Waals surface area contributed by atoms with Crippen LogP contribution >= 0.6 is 23.4 Å². The lowest BCUT2D eigenvalue weighted by Gasteiger charge is -2.14. The van der Waals surface area contributed by atoms with Gasteiger partial charge in [-0.3, -0.25) is 9.72 Å². The second kappa shape index (κ2) is 14.0. The Labute approximate surface area is 286 Å². The van der Waals surface area contributed by atoms with Crippen molar-refractivity contribution in [2.75, 3.05) is 18.5 Å². The molecule has 6 aromatic rings. The lowest BCUT2D eigenvalue weighted by atomic mass is 9.92. The molecule has 246 valence electrons. The van der Waals surface area contributed by atoms with Gasteiger partial charge in [-0.2, -0.15) is 5.10 Å². The average molecular weight is 684 g/mol. The predicted octanol–water partition coefficient (Wildman–Crippen LogP) is 7.08. The van der Waals surface area contributed by atoms with Crippen LogP contribution in [-0.4, -0.2) is 53.8 Å². The van der Waals surface area contributed by atoms with Crippen molar-refractivity contribution in [2.45, 2.75) is 42.5 Å². The number of amides is 2. The van der Waals surface area contributed by atoms with E-state index in [1.807, 2.05) is 71.3 Å². The Morgan fingerprint density at radius 1 is 1.00 bits per heavy atom. The van der Waals surface area contributed by atoms with E-state index in [0.29, 0.717) is 39.3 Å². The first kappa shape index (κ1) is 32.9. The van der Waals surface area contributed by atoms with Gasteiger partial charge in [0.05, 0.1) is 23.0 Å². The van der Waals surface area contributed by atoms with E-state index in [0.717, 1.165) is 21.0 Å². The molecule has 0 aliphatic heterocycles. The molecule has 0 unspecified atom stereocenters.